The van der Waals surface area contributed by atoms with E-state index >= 15 is 0 Å². The fraction of sp³-hybridized carbons (Fsp3) is 0.250. The summed E-state index contributed by atoms with van der Waals surface area (Å²) >= 11 is 0. The number of hydrogen-bond donors (Lipinski definition) is 0. The molecule has 1 aromatic heterocycles. The molecule has 22 heavy (non-hydrogen) atoms. The average Bonchev–Trinajstić information content (AvgIpc) is 3.02. The van der Waals surface area contributed by atoms with E-state index < -0.39 is 0 Å². The third-order valence-corrected chi connectivity index (χ3v) is 4.58. The van der Waals surface area contributed by atoms with Gasteiger partial charge in [0.15, 0.2) is 5.58 Å². The first-order valence-corrected chi connectivity index (χ1v) is 7.92. The van der Waals surface area contributed by atoms with Crippen LogP contribution in [-0.2, 0) is 0 Å². The zero-order chi connectivity index (χ0) is 14.9. The van der Waals surface area contributed by atoms with Crippen molar-refractivity contribution >= 4 is 16.7 Å². The number of hydrogen-bond acceptors (Lipinski definition) is 2. The number of aromatic nitrogens is 1. The SMILES string of the molecule is Cc1cccc2oc(C3=CCC(c4ccccc4)CC3)nc12. The Hall–Kier alpha value is -2.35. The lowest BCUT2D eigenvalue weighted by Crippen LogP contribution is -2.04. The maximum Gasteiger partial charge on any atom is 0.222 e. The Bertz CT molecular complexity index is 829. The van der Waals surface area contributed by atoms with Crippen LogP contribution < -0.4 is 0 Å². The Balaban J connectivity index is 1.61. The number of benzene rings is 2. The minimum absolute atomic E-state index is 0.621. The van der Waals surface area contributed by atoms with E-state index in [-0.39, 0.29) is 0 Å². The highest BCUT2D eigenvalue weighted by atomic mass is 16.3. The molecule has 0 radical (unpaired) electrons. The number of nitrogens with zero attached hydrogens (tertiary/aromatic N) is 1. The molecule has 0 amide bonds. The molecule has 1 heterocycles. The summed E-state index contributed by atoms with van der Waals surface area (Å²) in [5, 5.41) is 0. The number of aryl methyl sites for hydroxylation is 1. The fourth-order valence-corrected chi connectivity index (χ4v) is 3.28. The van der Waals surface area contributed by atoms with Crippen LogP contribution in [0.4, 0.5) is 0 Å². The van der Waals surface area contributed by atoms with Crippen molar-refractivity contribution < 1.29 is 4.42 Å². The van der Waals surface area contributed by atoms with Crippen LogP contribution in [0.25, 0.3) is 16.7 Å². The molecule has 1 aliphatic rings. The molecule has 0 bridgehead atoms. The lowest BCUT2D eigenvalue weighted by Gasteiger charge is -2.20. The van der Waals surface area contributed by atoms with Gasteiger partial charge in [-0.1, -0.05) is 48.5 Å². The van der Waals surface area contributed by atoms with Crippen LogP contribution in [-0.4, -0.2) is 4.98 Å². The highest BCUT2D eigenvalue weighted by Crippen LogP contribution is 2.36. The molecule has 0 N–H and O–H groups in total. The number of rotatable bonds is 2. The molecule has 3 aromatic rings. The minimum atomic E-state index is 0.621. The van der Waals surface area contributed by atoms with E-state index in [2.05, 4.69) is 49.4 Å². The van der Waals surface area contributed by atoms with Gasteiger partial charge in [-0.3, -0.25) is 0 Å². The molecular weight excluding hydrogens is 270 g/mol. The molecule has 0 fully saturated rings. The van der Waals surface area contributed by atoms with Gasteiger partial charge in [0.1, 0.15) is 5.52 Å². The molecule has 2 heteroatoms. The Kier molecular flexibility index (Phi) is 3.30. The number of para-hydroxylation sites is 1. The normalized spacial score (nSPS) is 18.4. The number of oxazole rings is 1. The summed E-state index contributed by atoms with van der Waals surface area (Å²) in [5.41, 5.74) is 5.74. The summed E-state index contributed by atoms with van der Waals surface area (Å²) in [6.07, 6.45) is 5.57. The number of fused-ring (bicyclic) bond motifs is 1. The summed E-state index contributed by atoms with van der Waals surface area (Å²) < 4.78 is 5.95. The van der Waals surface area contributed by atoms with Crippen molar-refractivity contribution in [3.05, 3.63) is 71.6 Å². The quantitative estimate of drug-likeness (QED) is 0.623. The molecule has 0 spiro atoms. The van der Waals surface area contributed by atoms with Crippen molar-refractivity contribution in [3.8, 4) is 0 Å². The van der Waals surface area contributed by atoms with E-state index in [4.69, 9.17) is 9.40 Å². The highest BCUT2D eigenvalue weighted by molar-refractivity contribution is 5.79. The smallest absolute Gasteiger partial charge is 0.222 e. The summed E-state index contributed by atoms with van der Waals surface area (Å²) in [4.78, 5) is 4.70. The predicted octanol–water partition coefficient (Wildman–Crippen LogP) is 5.49. The Morgan fingerprint density at radius 3 is 2.64 bits per heavy atom. The molecule has 0 saturated heterocycles. The Morgan fingerprint density at radius 2 is 1.91 bits per heavy atom. The van der Waals surface area contributed by atoms with E-state index in [1.165, 1.54) is 16.7 Å². The molecular formula is C20H19NO. The van der Waals surface area contributed by atoms with Crippen LogP contribution in [0.3, 0.4) is 0 Å². The lowest BCUT2D eigenvalue weighted by molar-refractivity contribution is 0.561. The number of allylic oxidation sites excluding steroid dienone is 2. The summed E-state index contributed by atoms with van der Waals surface area (Å²) in [7, 11) is 0. The highest BCUT2D eigenvalue weighted by Gasteiger charge is 2.20. The first-order chi connectivity index (χ1) is 10.8. The van der Waals surface area contributed by atoms with E-state index in [0.717, 1.165) is 36.3 Å². The molecule has 0 saturated carbocycles. The van der Waals surface area contributed by atoms with Gasteiger partial charge in [0.2, 0.25) is 5.89 Å². The van der Waals surface area contributed by atoms with Crippen LogP contribution in [0, 0.1) is 6.92 Å². The van der Waals surface area contributed by atoms with Gasteiger partial charge < -0.3 is 4.42 Å². The van der Waals surface area contributed by atoms with E-state index in [1.54, 1.807) is 0 Å². The van der Waals surface area contributed by atoms with Crippen molar-refractivity contribution in [2.75, 3.05) is 0 Å². The monoisotopic (exact) mass is 289 g/mol. The summed E-state index contributed by atoms with van der Waals surface area (Å²) in [5.74, 6) is 1.42. The summed E-state index contributed by atoms with van der Waals surface area (Å²) in [6.45, 7) is 2.08. The standard InChI is InChI=1S/C20H19NO/c1-14-6-5-9-18-19(14)21-20(22-18)17-12-10-16(11-13-17)15-7-3-2-4-8-15/h2-9,12,16H,10-11,13H2,1H3. The second-order valence-electron chi connectivity index (χ2n) is 6.05. The zero-order valence-electron chi connectivity index (χ0n) is 12.8. The van der Waals surface area contributed by atoms with Crippen LogP contribution in [0.2, 0.25) is 0 Å². The average molecular weight is 289 g/mol. The van der Waals surface area contributed by atoms with Crippen LogP contribution in [0.15, 0.2) is 59.0 Å². The maximum absolute atomic E-state index is 5.95. The fourth-order valence-electron chi connectivity index (χ4n) is 3.28. The van der Waals surface area contributed by atoms with Gasteiger partial charge >= 0.3 is 0 Å². The lowest BCUT2D eigenvalue weighted by atomic mass is 9.84. The first kappa shape index (κ1) is 13.3. The van der Waals surface area contributed by atoms with Gasteiger partial charge in [0.25, 0.3) is 0 Å². The zero-order valence-corrected chi connectivity index (χ0v) is 12.8. The van der Waals surface area contributed by atoms with Gasteiger partial charge in [-0.15, -0.1) is 0 Å². The van der Waals surface area contributed by atoms with Gasteiger partial charge in [0, 0.05) is 5.57 Å². The third-order valence-electron chi connectivity index (χ3n) is 4.58. The molecule has 4 rings (SSSR count). The van der Waals surface area contributed by atoms with Gasteiger partial charge in [0.05, 0.1) is 0 Å². The van der Waals surface area contributed by atoms with Crippen LogP contribution >= 0.6 is 0 Å². The molecule has 1 atom stereocenters. The molecule has 2 aromatic carbocycles. The van der Waals surface area contributed by atoms with E-state index in [0.29, 0.717) is 5.92 Å². The second-order valence-corrected chi connectivity index (χ2v) is 6.05. The van der Waals surface area contributed by atoms with Crippen molar-refractivity contribution in [2.24, 2.45) is 0 Å². The van der Waals surface area contributed by atoms with Gasteiger partial charge in [-0.2, -0.15) is 0 Å². The molecule has 0 aliphatic heterocycles. The first-order valence-electron chi connectivity index (χ1n) is 7.92. The van der Waals surface area contributed by atoms with Crippen molar-refractivity contribution in [3.63, 3.8) is 0 Å². The van der Waals surface area contributed by atoms with Crippen molar-refractivity contribution in [2.45, 2.75) is 32.1 Å². The minimum Gasteiger partial charge on any atom is -0.436 e. The molecule has 1 unspecified atom stereocenters. The summed E-state index contributed by atoms with van der Waals surface area (Å²) in [6, 6.07) is 16.9. The van der Waals surface area contributed by atoms with Crippen LogP contribution in [0.5, 0.6) is 0 Å². The molecule has 1 aliphatic carbocycles. The van der Waals surface area contributed by atoms with E-state index in [1.807, 2.05) is 12.1 Å². The van der Waals surface area contributed by atoms with Crippen LogP contribution in [0.1, 0.15) is 42.2 Å². The largest absolute Gasteiger partial charge is 0.436 e. The maximum atomic E-state index is 5.95. The topological polar surface area (TPSA) is 26.0 Å². The van der Waals surface area contributed by atoms with Crippen molar-refractivity contribution in [1.82, 2.24) is 4.98 Å². The van der Waals surface area contributed by atoms with Gasteiger partial charge in [-0.05, 0) is 49.3 Å². The predicted molar refractivity (Wildman–Crippen MR) is 89.8 cm³/mol. The Morgan fingerprint density at radius 1 is 1.05 bits per heavy atom. The third kappa shape index (κ3) is 2.35. The molecule has 2 nitrogen and oxygen atoms in total. The van der Waals surface area contributed by atoms with Gasteiger partial charge in [-0.25, -0.2) is 4.98 Å². The van der Waals surface area contributed by atoms with E-state index in [9.17, 15) is 0 Å². The Labute approximate surface area is 130 Å². The molecule has 110 valence electrons. The van der Waals surface area contributed by atoms with Crippen molar-refractivity contribution in [1.29, 1.82) is 0 Å². The second kappa shape index (κ2) is 5.45.